The molecule has 1 rings (SSSR count). The quantitative estimate of drug-likeness (QED) is 0.351. The van der Waals surface area contributed by atoms with Gasteiger partial charge in [-0.15, -0.1) is 0 Å². The predicted molar refractivity (Wildman–Crippen MR) is 48.2 cm³/mol. The van der Waals surface area contributed by atoms with E-state index < -0.39 is 23.1 Å². The summed E-state index contributed by atoms with van der Waals surface area (Å²) in [7, 11) is 1.09. The molecular weight excluding hydrogens is 205 g/mol. The van der Waals surface area contributed by atoms with Gasteiger partial charge in [0.2, 0.25) is 0 Å². The largest absolute Gasteiger partial charge is 0.507 e. The minimum absolute atomic E-state index is 0.237. The van der Waals surface area contributed by atoms with E-state index in [-0.39, 0.29) is 5.69 Å². The van der Waals surface area contributed by atoms with E-state index >= 15 is 0 Å². The van der Waals surface area contributed by atoms with Gasteiger partial charge in [-0.3, -0.25) is 0 Å². The maximum Gasteiger partial charge on any atom is 0.340 e. The Morgan fingerprint density at radius 2 is 2.33 bits per heavy atom. The van der Waals surface area contributed by atoms with Crippen molar-refractivity contribution in [2.75, 3.05) is 7.11 Å². The SMILES string of the molecule is COC(=O)c1cc(N=[N+]=[N-])c(O)cc1F. The number of methoxy groups -OCH3 is 1. The number of hydrogen-bond acceptors (Lipinski definition) is 4. The van der Waals surface area contributed by atoms with Crippen LogP contribution in [0.1, 0.15) is 10.4 Å². The van der Waals surface area contributed by atoms with Gasteiger partial charge in [0, 0.05) is 11.0 Å². The van der Waals surface area contributed by atoms with Crippen LogP contribution in [0.15, 0.2) is 17.2 Å². The van der Waals surface area contributed by atoms with Gasteiger partial charge < -0.3 is 9.84 Å². The van der Waals surface area contributed by atoms with E-state index in [1.165, 1.54) is 0 Å². The molecule has 0 heterocycles. The highest BCUT2D eigenvalue weighted by atomic mass is 19.1. The summed E-state index contributed by atoms with van der Waals surface area (Å²) in [5.74, 6) is -2.41. The second-order valence-corrected chi connectivity index (χ2v) is 2.50. The first-order valence-corrected chi connectivity index (χ1v) is 3.76. The molecule has 15 heavy (non-hydrogen) atoms. The zero-order valence-corrected chi connectivity index (χ0v) is 7.64. The van der Waals surface area contributed by atoms with Gasteiger partial charge in [-0.1, -0.05) is 5.11 Å². The number of phenolic OH excluding ortho intramolecular Hbond substituents is 1. The number of azide groups is 1. The molecule has 78 valence electrons. The molecule has 0 unspecified atom stereocenters. The van der Waals surface area contributed by atoms with Crippen LogP contribution in [-0.2, 0) is 4.74 Å². The molecule has 0 amide bonds. The van der Waals surface area contributed by atoms with Gasteiger partial charge in [-0.2, -0.15) is 0 Å². The number of halogens is 1. The molecule has 7 heteroatoms. The molecule has 1 aromatic rings. The predicted octanol–water partition coefficient (Wildman–Crippen LogP) is 2.26. The third-order valence-electron chi connectivity index (χ3n) is 1.62. The highest BCUT2D eigenvalue weighted by Crippen LogP contribution is 2.29. The standard InChI is InChI=1S/C8H6FN3O3/c1-15-8(14)4-2-6(11-12-10)7(13)3-5(4)9/h2-3,13H,1H3. The zero-order valence-electron chi connectivity index (χ0n) is 7.64. The van der Waals surface area contributed by atoms with E-state index in [1.54, 1.807) is 0 Å². The van der Waals surface area contributed by atoms with Crippen molar-refractivity contribution < 1.29 is 19.0 Å². The average Bonchev–Trinajstić information content (AvgIpc) is 2.21. The van der Waals surface area contributed by atoms with Gasteiger partial charge in [0.05, 0.1) is 18.4 Å². The minimum atomic E-state index is -0.948. The van der Waals surface area contributed by atoms with Crippen molar-refractivity contribution in [2.45, 2.75) is 0 Å². The Bertz CT molecular complexity index is 455. The number of ether oxygens (including phenoxy) is 1. The lowest BCUT2D eigenvalue weighted by molar-refractivity contribution is 0.0595. The van der Waals surface area contributed by atoms with E-state index in [0.717, 1.165) is 13.2 Å². The molecule has 1 N–H and O–H groups in total. The Morgan fingerprint density at radius 3 is 2.87 bits per heavy atom. The lowest BCUT2D eigenvalue weighted by atomic mass is 10.2. The first-order chi connectivity index (χ1) is 7.10. The van der Waals surface area contributed by atoms with Gasteiger partial charge in [0.15, 0.2) is 0 Å². The molecule has 6 nitrogen and oxygen atoms in total. The monoisotopic (exact) mass is 211 g/mol. The summed E-state index contributed by atoms with van der Waals surface area (Å²) in [5, 5.41) is 12.2. The first-order valence-electron chi connectivity index (χ1n) is 3.76. The molecule has 0 aromatic heterocycles. The third-order valence-corrected chi connectivity index (χ3v) is 1.62. The van der Waals surface area contributed by atoms with Crippen molar-refractivity contribution in [3.05, 3.63) is 34.0 Å². The van der Waals surface area contributed by atoms with Crippen LogP contribution < -0.4 is 0 Å². The number of carbonyl (C=O) groups excluding carboxylic acids is 1. The lowest BCUT2D eigenvalue weighted by Crippen LogP contribution is -2.03. The van der Waals surface area contributed by atoms with Crippen molar-refractivity contribution in [3.8, 4) is 5.75 Å². The molecule has 0 saturated carbocycles. The highest BCUT2D eigenvalue weighted by Gasteiger charge is 2.15. The second-order valence-electron chi connectivity index (χ2n) is 2.50. The Kier molecular flexibility index (Phi) is 3.10. The molecule has 0 aliphatic rings. The minimum Gasteiger partial charge on any atom is -0.507 e. The van der Waals surface area contributed by atoms with Crippen molar-refractivity contribution >= 4 is 11.7 Å². The van der Waals surface area contributed by atoms with E-state index in [1.807, 2.05) is 0 Å². The molecule has 1 aromatic carbocycles. The number of aromatic hydroxyl groups is 1. The van der Waals surface area contributed by atoms with Crippen LogP contribution in [0.5, 0.6) is 5.75 Å². The molecule has 0 fully saturated rings. The summed E-state index contributed by atoms with van der Waals surface area (Å²) in [6.45, 7) is 0. The van der Waals surface area contributed by atoms with Crippen molar-refractivity contribution in [1.29, 1.82) is 0 Å². The number of hydrogen-bond donors (Lipinski definition) is 1. The van der Waals surface area contributed by atoms with Gasteiger partial charge in [-0.05, 0) is 11.6 Å². The van der Waals surface area contributed by atoms with Crippen LogP contribution in [0.3, 0.4) is 0 Å². The van der Waals surface area contributed by atoms with Crippen LogP contribution in [0.4, 0.5) is 10.1 Å². The van der Waals surface area contributed by atoms with Gasteiger partial charge in [0.1, 0.15) is 11.6 Å². The van der Waals surface area contributed by atoms with Crippen LogP contribution >= 0.6 is 0 Å². The fraction of sp³-hybridized carbons (Fsp3) is 0.125. The number of esters is 1. The number of rotatable bonds is 2. The summed E-state index contributed by atoms with van der Waals surface area (Å²) in [4.78, 5) is 13.4. The van der Waals surface area contributed by atoms with Gasteiger partial charge in [0.25, 0.3) is 0 Å². The Hall–Kier alpha value is -2.27. The molecule has 0 radical (unpaired) electrons. The summed E-state index contributed by atoms with van der Waals surface area (Å²) in [6, 6.07) is 1.59. The van der Waals surface area contributed by atoms with E-state index in [9.17, 15) is 9.18 Å². The molecule has 0 aliphatic carbocycles. The van der Waals surface area contributed by atoms with Crippen molar-refractivity contribution in [3.63, 3.8) is 0 Å². The van der Waals surface area contributed by atoms with E-state index in [2.05, 4.69) is 14.8 Å². The Morgan fingerprint density at radius 1 is 1.67 bits per heavy atom. The normalized spacial score (nSPS) is 9.20. The summed E-state index contributed by atoms with van der Waals surface area (Å²) in [6.07, 6.45) is 0. The maximum absolute atomic E-state index is 13.1. The topological polar surface area (TPSA) is 95.3 Å². The molecule has 0 aliphatic heterocycles. The van der Waals surface area contributed by atoms with Crippen molar-refractivity contribution in [1.82, 2.24) is 0 Å². The molecule has 0 bridgehead atoms. The summed E-state index contributed by atoms with van der Waals surface area (Å²) >= 11 is 0. The summed E-state index contributed by atoms with van der Waals surface area (Å²) < 4.78 is 17.4. The molecule has 0 atom stereocenters. The number of phenols is 1. The fourth-order valence-electron chi connectivity index (χ4n) is 0.946. The number of carbonyl (C=O) groups is 1. The average molecular weight is 211 g/mol. The summed E-state index contributed by atoms with van der Waals surface area (Å²) in [5.41, 5.74) is 7.50. The molecule has 0 spiro atoms. The van der Waals surface area contributed by atoms with E-state index in [4.69, 9.17) is 10.6 Å². The first kappa shape index (κ1) is 10.8. The smallest absolute Gasteiger partial charge is 0.340 e. The fourth-order valence-corrected chi connectivity index (χ4v) is 0.946. The molecular formula is C8H6FN3O3. The van der Waals surface area contributed by atoms with Crippen LogP contribution in [0, 0.1) is 5.82 Å². The van der Waals surface area contributed by atoms with Gasteiger partial charge in [-0.25, -0.2) is 9.18 Å². The Labute approximate surface area is 83.5 Å². The van der Waals surface area contributed by atoms with Crippen LogP contribution in [0.2, 0.25) is 0 Å². The second kappa shape index (κ2) is 4.30. The number of nitrogens with zero attached hydrogens (tertiary/aromatic N) is 3. The third kappa shape index (κ3) is 2.15. The van der Waals surface area contributed by atoms with Crippen LogP contribution in [0.25, 0.3) is 10.4 Å². The Balaban J connectivity index is 3.35. The number of benzene rings is 1. The highest BCUT2D eigenvalue weighted by molar-refractivity contribution is 5.91. The molecule has 0 saturated heterocycles. The van der Waals surface area contributed by atoms with Gasteiger partial charge >= 0.3 is 5.97 Å². The van der Waals surface area contributed by atoms with E-state index in [0.29, 0.717) is 6.07 Å². The maximum atomic E-state index is 13.1. The lowest BCUT2D eigenvalue weighted by Gasteiger charge is -2.03. The van der Waals surface area contributed by atoms with Crippen LogP contribution in [-0.4, -0.2) is 18.2 Å². The van der Waals surface area contributed by atoms with Crippen molar-refractivity contribution in [2.24, 2.45) is 5.11 Å². The zero-order chi connectivity index (χ0) is 11.4.